The number of anilines is 1. The van der Waals surface area contributed by atoms with Crippen LogP contribution in [0.15, 0.2) is 65.9 Å². The minimum atomic E-state index is -0.677. The maximum atomic E-state index is 15.3. The van der Waals surface area contributed by atoms with Crippen LogP contribution in [0.25, 0.3) is 10.9 Å². The van der Waals surface area contributed by atoms with Crippen LogP contribution in [0.1, 0.15) is 31.2 Å². The maximum absolute atomic E-state index is 15.3. The van der Waals surface area contributed by atoms with E-state index in [4.69, 9.17) is 43.8 Å². The maximum Gasteiger partial charge on any atom is 0.191 e. The average molecular weight is 640 g/mol. The second-order valence-corrected chi connectivity index (χ2v) is 11.0. The first-order chi connectivity index (χ1) is 21.3. The number of likely N-dealkylation sites (tertiary alicyclic amines) is 1. The number of rotatable bonds is 11. The summed E-state index contributed by atoms with van der Waals surface area (Å²) in [5.74, 6) is 0.293. The molecule has 0 amide bonds. The van der Waals surface area contributed by atoms with E-state index in [1.807, 2.05) is 0 Å². The number of benzene rings is 3. The molecule has 0 radical (unpaired) electrons. The molecule has 4 aromatic rings. The van der Waals surface area contributed by atoms with E-state index in [0.717, 1.165) is 37.1 Å². The third-order valence-corrected chi connectivity index (χ3v) is 7.68. The molecule has 1 fully saturated rings. The van der Waals surface area contributed by atoms with Gasteiger partial charge in [0.15, 0.2) is 28.2 Å². The third kappa shape index (κ3) is 7.71. The lowest BCUT2D eigenvalue weighted by atomic mass is 10.1. The molecule has 0 unspecified atom stereocenters. The summed E-state index contributed by atoms with van der Waals surface area (Å²) in [5.41, 5.74) is 7.14. The summed E-state index contributed by atoms with van der Waals surface area (Å²) in [6.07, 6.45) is 7.67. The zero-order valence-electron chi connectivity index (χ0n) is 24.1. The van der Waals surface area contributed by atoms with E-state index in [-0.39, 0.29) is 21.6 Å². The van der Waals surface area contributed by atoms with Crippen molar-refractivity contribution in [3.63, 3.8) is 0 Å². The summed E-state index contributed by atoms with van der Waals surface area (Å²) < 4.78 is 46.4. The van der Waals surface area contributed by atoms with Gasteiger partial charge in [-0.25, -0.2) is 13.8 Å². The number of piperidine rings is 1. The lowest BCUT2D eigenvalue weighted by Crippen LogP contribution is -2.31. The second-order valence-electron chi connectivity index (χ2n) is 10.2. The first-order valence-electron chi connectivity index (χ1n) is 14.2. The fraction of sp³-hybridized carbons (Fsp3) is 0.281. The minimum Gasteiger partial charge on any atom is -0.493 e. The molecule has 1 aromatic heterocycles. The van der Waals surface area contributed by atoms with E-state index in [9.17, 15) is 4.39 Å². The zero-order chi connectivity index (χ0) is 31.1. The number of aromatic nitrogens is 1. The van der Waals surface area contributed by atoms with Crippen LogP contribution >= 0.6 is 23.8 Å². The molecule has 1 aliphatic heterocycles. The first kappa shape index (κ1) is 31.4. The number of pyridine rings is 1. The molecule has 0 atom stereocenters. The molecule has 44 heavy (non-hydrogen) atoms. The van der Waals surface area contributed by atoms with Gasteiger partial charge in [-0.3, -0.25) is 4.98 Å². The van der Waals surface area contributed by atoms with Crippen molar-refractivity contribution in [2.45, 2.75) is 25.7 Å². The van der Waals surface area contributed by atoms with Crippen molar-refractivity contribution in [1.82, 2.24) is 9.88 Å². The summed E-state index contributed by atoms with van der Waals surface area (Å²) >= 11 is 11.2. The fourth-order valence-corrected chi connectivity index (χ4v) is 5.31. The van der Waals surface area contributed by atoms with Crippen LogP contribution in [0.5, 0.6) is 23.0 Å². The summed E-state index contributed by atoms with van der Waals surface area (Å²) in [4.78, 5) is 6.93. The molecular weight excluding hydrogens is 608 g/mol. The number of methoxy groups -OCH3 is 1. The molecule has 0 spiro atoms. The van der Waals surface area contributed by atoms with Crippen LogP contribution < -0.4 is 25.0 Å². The highest BCUT2D eigenvalue weighted by Gasteiger charge is 2.17. The molecule has 1 saturated heterocycles. The number of nitrogens with zero attached hydrogens (tertiary/aromatic N) is 4. The Hall–Kier alpha value is -4.06. The number of thiocarbonyl (C=S) groups is 1. The molecule has 0 saturated carbocycles. The van der Waals surface area contributed by atoms with Crippen molar-refractivity contribution < 1.29 is 23.0 Å². The van der Waals surface area contributed by atoms with Gasteiger partial charge >= 0.3 is 0 Å². The zero-order valence-corrected chi connectivity index (χ0v) is 25.7. The van der Waals surface area contributed by atoms with Gasteiger partial charge in [0.25, 0.3) is 0 Å². The van der Waals surface area contributed by atoms with Crippen LogP contribution in [-0.2, 0) is 0 Å². The number of nitrogens with two attached hydrogens (primary N) is 1. The lowest BCUT2D eigenvalue weighted by molar-refractivity contribution is 0.203. The molecular formula is C32H32ClF2N5O3S. The van der Waals surface area contributed by atoms with Crippen molar-refractivity contribution in [3.05, 3.63) is 83.0 Å². The van der Waals surface area contributed by atoms with Crippen LogP contribution in [0.2, 0.25) is 5.02 Å². The number of fused-ring (bicyclic) bond motifs is 1. The summed E-state index contributed by atoms with van der Waals surface area (Å²) in [7, 11) is 1.57. The van der Waals surface area contributed by atoms with Crippen LogP contribution in [0.4, 0.5) is 14.5 Å². The lowest BCUT2D eigenvalue weighted by Gasteiger charge is -2.26. The third-order valence-electron chi connectivity index (χ3n) is 7.18. The first-order valence-corrected chi connectivity index (χ1v) is 15.0. The normalized spacial score (nSPS) is 13.7. The predicted molar refractivity (Wildman–Crippen MR) is 173 cm³/mol. The van der Waals surface area contributed by atoms with Crippen molar-refractivity contribution in [2.75, 3.05) is 38.4 Å². The Kier molecular flexibility index (Phi) is 10.4. The molecule has 230 valence electrons. The number of hydrogen-bond donors (Lipinski definition) is 1. The molecule has 2 heterocycles. The quantitative estimate of drug-likeness (QED) is 0.0792. The Bertz CT molecular complexity index is 1670. The van der Waals surface area contributed by atoms with Crippen molar-refractivity contribution in [3.8, 4) is 23.0 Å². The number of hydrogen-bond acceptors (Lipinski definition) is 7. The molecule has 2 N–H and O–H groups in total. The van der Waals surface area contributed by atoms with Gasteiger partial charge in [0.05, 0.1) is 36.2 Å². The van der Waals surface area contributed by atoms with Gasteiger partial charge in [-0.1, -0.05) is 18.0 Å². The smallest absolute Gasteiger partial charge is 0.191 e. The average Bonchev–Trinajstić information content (AvgIpc) is 3.01. The Morgan fingerprint density at radius 1 is 1.05 bits per heavy atom. The van der Waals surface area contributed by atoms with Gasteiger partial charge in [-0.2, -0.15) is 5.10 Å². The Balaban J connectivity index is 1.31. The Morgan fingerprint density at radius 2 is 1.86 bits per heavy atom. The molecule has 1 aliphatic rings. The minimum absolute atomic E-state index is 0.0355. The molecule has 0 bridgehead atoms. The Morgan fingerprint density at radius 3 is 2.59 bits per heavy atom. The number of hydrazone groups is 1. The molecule has 3 aromatic carbocycles. The van der Waals surface area contributed by atoms with Gasteiger partial charge < -0.3 is 24.8 Å². The standard InChI is InChI=1S/C32H32ClF2N5O3S/c1-41-30-18-24-27(19-31(30)42-15-5-14-39-12-3-2-4-13-39)37-11-10-28(24)43-29-9-8-23(17-26(29)35)40(32(36)44)38-20-21-6-7-22(34)16-25(21)33/h6-11,16-20H,2-5,12-15H2,1H3,(H2,36,44). The van der Waals surface area contributed by atoms with Crippen LogP contribution in [0.3, 0.4) is 0 Å². The number of ether oxygens (including phenoxy) is 3. The predicted octanol–water partition coefficient (Wildman–Crippen LogP) is 7.31. The SMILES string of the molecule is COc1cc2c(Oc3ccc(N(N=Cc4ccc(F)cc4Cl)C(N)=S)cc3F)ccnc2cc1OCCCN1CCCCC1. The van der Waals surface area contributed by atoms with E-state index >= 15 is 4.39 Å². The van der Waals surface area contributed by atoms with Gasteiger partial charge in [0, 0.05) is 35.8 Å². The van der Waals surface area contributed by atoms with Crippen molar-refractivity contribution in [2.24, 2.45) is 10.8 Å². The highest BCUT2D eigenvalue weighted by Crippen LogP contribution is 2.38. The van der Waals surface area contributed by atoms with E-state index in [2.05, 4.69) is 15.0 Å². The van der Waals surface area contributed by atoms with Gasteiger partial charge in [-0.05, 0) is 87.0 Å². The van der Waals surface area contributed by atoms with Gasteiger partial charge in [0.1, 0.15) is 11.6 Å². The summed E-state index contributed by atoms with van der Waals surface area (Å²) in [6, 6.07) is 13.3. The van der Waals surface area contributed by atoms with E-state index < -0.39 is 11.6 Å². The summed E-state index contributed by atoms with van der Waals surface area (Å²) in [5, 5.41) is 6.02. The van der Waals surface area contributed by atoms with Gasteiger partial charge in [-0.15, -0.1) is 0 Å². The molecule has 8 nitrogen and oxygen atoms in total. The van der Waals surface area contributed by atoms with E-state index in [1.165, 1.54) is 49.7 Å². The van der Waals surface area contributed by atoms with E-state index in [0.29, 0.717) is 40.3 Å². The van der Waals surface area contributed by atoms with E-state index in [1.54, 1.807) is 37.6 Å². The highest BCUT2D eigenvalue weighted by atomic mass is 35.5. The largest absolute Gasteiger partial charge is 0.493 e. The van der Waals surface area contributed by atoms with Gasteiger partial charge in [0.2, 0.25) is 0 Å². The molecule has 12 heteroatoms. The topological polar surface area (TPSA) is 85.4 Å². The Labute approximate surface area is 265 Å². The summed E-state index contributed by atoms with van der Waals surface area (Å²) in [6.45, 7) is 3.85. The highest BCUT2D eigenvalue weighted by molar-refractivity contribution is 7.80. The monoisotopic (exact) mass is 639 g/mol. The second kappa shape index (κ2) is 14.6. The molecule has 0 aliphatic carbocycles. The fourth-order valence-electron chi connectivity index (χ4n) is 4.94. The van der Waals surface area contributed by atoms with Crippen molar-refractivity contribution in [1.29, 1.82) is 0 Å². The van der Waals surface area contributed by atoms with Crippen LogP contribution in [0, 0.1) is 11.6 Å². The number of halogens is 3. The van der Waals surface area contributed by atoms with Crippen molar-refractivity contribution >= 4 is 51.7 Å². The molecule has 5 rings (SSSR count). The van der Waals surface area contributed by atoms with Crippen LogP contribution in [-0.4, -0.2) is 54.6 Å².